The van der Waals surface area contributed by atoms with Crippen LogP contribution in [0, 0.1) is 5.82 Å². The molecule has 0 aromatic heterocycles. The number of hydrogen-bond donors (Lipinski definition) is 1. The predicted molar refractivity (Wildman–Crippen MR) is 59.2 cm³/mol. The topological polar surface area (TPSA) is 54.4 Å². The summed E-state index contributed by atoms with van der Waals surface area (Å²) >= 11 is 2.62. The van der Waals surface area contributed by atoms with Gasteiger partial charge in [0.25, 0.3) is 10.1 Å². The molecule has 0 aliphatic carbocycles. The molecule has 0 spiro atoms. The van der Waals surface area contributed by atoms with Crippen LogP contribution in [0.2, 0.25) is 0 Å². The van der Waals surface area contributed by atoms with Crippen LogP contribution < -0.4 is 0 Å². The molecule has 0 fully saturated rings. The Morgan fingerprint density at radius 1 is 1.28 bits per heavy atom. The third kappa shape index (κ3) is 3.92. The van der Waals surface area contributed by atoms with Gasteiger partial charge in [0.05, 0.1) is 15.8 Å². The summed E-state index contributed by atoms with van der Waals surface area (Å²) in [6.07, 6.45) is -5.57. The van der Waals surface area contributed by atoms with Gasteiger partial charge in [-0.15, -0.1) is 0 Å². The second-order valence-corrected chi connectivity index (χ2v) is 5.86. The van der Waals surface area contributed by atoms with Crippen LogP contribution in [0.25, 0.3) is 0 Å². The summed E-state index contributed by atoms with van der Waals surface area (Å²) in [6.45, 7) is 0. The molecule has 18 heavy (non-hydrogen) atoms. The number of rotatable bonds is 3. The largest absolute Gasteiger partial charge is 0.419 e. The second-order valence-electron chi connectivity index (χ2n) is 3.43. The third-order valence-corrected chi connectivity index (χ3v) is 3.43. The predicted octanol–water partition coefficient (Wildman–Crippen LogP) is 3.04. The van der Waals surface area contributed by atoms with Crippen LogP contribution >= 0.6 is 15.9 Å². The first-order valence-electron chi connectivity index (χ1n) is 4.51. The molecule has 1 aromatic carbocycles. The minimum Gasteiger partial charge on any atom is -0.286 e. The third-order valence-electron chi connectivity index (χ3n) is 2.09. The van der Waals surface area contributed by atoms with Gasteiger partial charge in [0, 0.05) is 0 Å². The molecular weight excluding hydrogens is 344 g/mol. The number of hydrogen-bond acceptors (Lipinski definition) is 2. The summed E-state index contributed by atoms with van der Waals surface area (Å²) < 4.78 is 80.4. The molecule has 9 heteroatoms. The monoisotopic (exact) mass is 350 g/mol. The van der Waals surface area contributed by atoms with Crippen molar-refractivity contribution in [3.8, 4) is 0 Å². The Morgan fingerprint density at radius 2 is 1.83 bits per heavy atom. The minimum absolute atomic E-state index is 0.370. The van der Waals surface area contributed by atoms with Crippen LogP contribution in [0.1, 0.15) is 11.1 Å². The molecule has 0 atom stereocenters. The first kappa shape index (κ1) is 15.4. The van der Waals surface area contributed by atoms with Crippen LogP contribution in [-0.2, 0) is 22.7 Å². The SMILES string of the molecule is O=S(=O)(O)CCc1ccc(Br)c(F)c1C(F)(F)F. The molecule has 0 heterocycles. The standard InChI is InChI=1S/C9H7BrF4O3S/c10-6-2-1-5(3-4-18(15,16)17)7(8(6)11)9(12,13)14/h1-2H,3-4H2,(H,15,16,17). The molecule has 0 bridgehead atoms. The maximum atomic E-state index is 13.4. The van der Waals surface area contributed by atoms with E-state index < -0.39 is 45.4 Å². The molecule has 3 nitrogen and oxygen atoms in total. The fraction of sp³-hybridized carbons (Fsp3) is 0.333. The van der Waals surface area contributed by atoms with Gasteiger partial charge in [-0.25, -0.2) is 4.39 Å². The summed E-state index contributed by atoms with van der Waals surface area (Å²) in [7, 11) is -4.41. The van der Waals surface area contributed by atoms with Crippen molar-refractivity contribution in [3.63, 3.8) is 0 Å². The van der Waals surface area contributed by atoms with Gasteiger partial charge < -0.3 is 0 Å². The summed E-state index contributed by atoms with van der Waals surface area (Å²) in [4.78, 5) is 0. The van der Waals surface area contributed by atoms with Crippen molar-refractivity contribution in [1.29, 1.82) is 0 Å². The Bertz CT molecular complexity index is 554. The van der Waals surface area contributed by atoms with E-state index in [9.17, 15) is 26.0 Å². The van der Waals surface area contributed by atoms with E-state index in [1.165, 1.54) is 0 Å². The molecule has 1 rings (SSSR count). The Kier molecular flexibility index (Phi) is 4.39. The van der Waals surface area contributed by atoms with E-state index in [1.807, 2.05) is 0 Å². The van der Waals surface area contributed by atoms with E-state index in [-0.39, 0.29) is 4.47 Å². The van der Waals surface area contributed by atoms with Crippen LogP contribution in [0.3, 0.4) is 0 Å². The number of benzene rings is 1. The van der Waals surface area contributed by atoms with Gasteiger partial charge in [-0.1, -0.05) is 6.07 Å². The molecule has 0 amide bonds. The van der Waals surface area contributed by atoms with Crippen molar-refractivity contribution >= 4 is 26.0 Å². The van der Waals surface area contributed by atoms with Crippen LogP contribution in [0.4, 0.5) is 17.6 Å². The van der Waals surface area contributed by atoms with Gasteiger partial charge in [-0.2, -0.15) is 21.6 Å². The smallest absolute Gasteiger partial charge is 0.286 e. The summed E-state index contributed by atoms with van der Waals surface area (Å²) in [6, 6.07) is 2.01. The zero-order valence-electron chi connectivity index (χ0n) is 8.63. The van der Waals surface area contributed by atoms with Crippen molar-refractivity contribution in [3.05, 3.63) is 33.5 Å². The van der Waals surface area contributed by atoms with Crippen molar-refractivity contribution in [2.75, 3.05) is 5.75 Å². The van der Waals surface area contributed by atoms with Gasteiger partial charge >= 0.3 is 6.18 Å². The van der Waals surface area contributed by atoms with E-state index in [0.717, 1.165) is 12.1 Å². The van der Waals surface area contributed by atoms with E-state index in [2.05, 4.69) is 15.9 Å². The molecule has 1 aromatic rings. The highest BCUT2D eigenvalue weighted by atomic mass is 79.9. The molecule has 0 radical (unpaired) electrons. The van der Waals surface area contributed by atoms with Gasteiger partial charge in [-0.05, 0) is 34.0 Å². The molecule has 0 saturated carbocycles. The highest BCUT2D eigenvalue weighted by Crippen LogP contribution is 2.37. The normalized spacial score (nSPS) is 12.8. The first-order valence-corrected chi connectivity index (χ1v) is 6.92. The van der Waals surface area contributed by atoms with Crippen molar-refractivity contribution in [1.82, 2.24) is 0 Å². The maximum Gasteiger partial charge on any atom is 0.419 e. The molecule has 102 valence electrons. The highest BCUT2D eigenvalue weighted by molar-refractivity contribution is 9.10. The fourth-order valence-corrected chi connectivity index (χ4v) is 2.15. The van der Waals surface area contributed by atoms with Crippen LogP contribution in [0.15, 0.2) is 16.6 Å². The quantitative estimate of drug-likeness (QED) is 0.673. The first-order chi connectivity index (χ1) is 8.02. The van der Waals surface area contributed by atoms with Crippen molar-refractivity contribution < 1.29 is 30.5 Å². The lowest BCUT2D eigenvalue weighted by molar-refractivity contribution is -0.140. The van der Waals surface area contributed by atoms with E-state index in [1.54, 1.807) is 0 Å². The second kappa shape index (κ2) is 5.14. The lowest BCUT2D eigenvalue weighted by Gasteiger charge is -2.14. The summed E-state index contributed by atoms with van der Waals surface area (Å²) in [5, 5.41) is 0. The lowest BCUT2D eigenvalue weighted by Crippen LogP contribution is -2.15. The van der Waals surface area contributed by atoms with Crippen LogP contribution in [-0.4, -0.2) is 18.7 Å². The van der Waals surface area contributed by atoms with E-state index in [0.29, 0.717) is 0 Å². The average Bonchev–Trinajstić information content (AvgIpc) is 2.16. The number of alkyl halides is 3. The molecule has 0 saturated heterocycles. The zero-order valence-corrected chi connectivity index (χ0v) is 11.0. The molecule has 0 aliphatic heterocycles. The lowest BCUT2D eigenvalue weighted by atomic mass is 10.0. The molecule has 0 aliphatic rings. The summed E-state index contributed by atoms with van der Waals surface area (Å²) in [5.74, 6) is -2.41. The Labute approximate surface area is 109 Å². The summed E-state index contributed by atoms with van der Waals surface area (Å²) in [5.41, 5.74) is -2.05. The van der Waals surface area contributed by atoms with Crippen molar-refractivity contribution in [2.45, 2.75) is 12.6 Å². The Balaban J connectivity index is 3.24. The zero-order chi connectivity index (χ0) is 14.1. The van der Waals surface area contributed by atoms with Gasteiger partial charge in [0.1, 0.15) is 5.82 Å². The molecular formula is C9H7BrF4O3S. The number of halogens is 5. The molecule has 1 N–H and O–H groups in total. The average molecular weight is 351 g/mol. The maximum absolute atomic E-state index is 13.4. The number of aryl methyl sites for hydroxylation is 1. The Morgan fingerprint density at radius 3 is 2.28 bits per heavy atom. The van der Waals surface area contributed by atoms with Crippen molar-refractivity contribution in [2.24, 2.45) is 0 Å². The van der Waals surface area contributed by atoms with E-state index >= 15 is 0 Å². The minimum atomic E-state index is -4.94. The van der Waals surface area contributed by atoms with Gasteiger partial charge in [0.15, 0.2) is 0 Å². The fourth-order valence-electron chi connectivity index (χ4n) is 1.34. The highest BCUT2D eigenvalue weighted by Gasteiger charge is 2.37. The van der Waals surface area contributed by atoms with E-state index in [4.69, 9.17) is 4.55 Å². The Hall–Kier alpha value is -0.670. The van der Waals surface area contributed by atoms with Gasteiger partial charge in [-0.3, -0.25) is 4.55 Å². The van der Waals surface area contributed by atoms with Crippen LogP contribution in [0.5, 0.6) is 0 Å². The van der Waals surface area contributed by atoms with Gasteiger partial charge in [0.2, 0.25) is 0 Å². The molecule has 0 unspecified atom stereocenters.